The van der Waals surface area contributed by atoms with Crippen LogP contribution in [0.3, 0.4) is 0 Å². The van der Waals surface area contributed by atoms with E-state index in [0.29, 0.717) is 18.8 Å². The van der Waals surface area contributed by atoms with Crippen molar-refractivity contribution >= 4 is 0 Å². The average Bonchev–Trinajstić information content (AvgIpc) is 2.55. The minimum absolute atomic E-state index is 0.0998. The molecule has 2 heterocycles. The van der Waals surface area contributed by atoms with E-state index in [4.69, 9.17) is 5.11 Å². The normalized spacial score (nSPS) is 16.5. The topological polar surface area (TPSA) is 38.1 Å². The molecule has 6 heteroatoms. The second kappa shape index (κ2) is 3.52. The smallest absolute Gasteiger partial charge is 0.390 e. The Kier molecular flexibility index (Phi) is 2.46. The first-order valence-corrected chi connectivity index (χ1v) is 4.80. The number of aliphatic hydroxyl groups is 1. The molecule has 1 aromatic heterocycles. The summed E-state index contributed by atoms with van der Waals surface area (Å²) in [4.78, 5) is 3.57. The van der Waals surface area contributed by atoms with Gasteiger partial charge in [0.25, 0.3) is 0 Å². The van der Waals surface area contributed by atoms with Crippen LogP contribution in [-0.2, 0) is 25.7 Å². The molecule has 0 spiro atoms. The number of rotatable bonds is 1. The van der Waals surface area contributed by atoms with Crippen LogP contribution >= 0.6 is 0 Å². The van der Waals surface area contributed by atoms with E-state index < -0.39 is 18.5 Å². The van der Waals surface area contributed by atoms with Gasteiger partial charge in [-0.1, -0.05) is 0 Å². The van der Waals surface area contributed by atoms with Crippen molar-refractivity contribution in [2.24, 2.45) is 0 Å². The van der Waals surface area contributed by atoms with Crippen molar-refractivity contribution < 1.29 is 18.3 Å². The Morgan fingerprint density at radius 3 is 2.67 bits per heavy atom. The fraction of sp³-hybridized carbons (Fsp3) is 0.667. The quantitative estimate of drug-likeness (QED) is 0.782. The summed E-state index contributed by atoms with van der Waals surface area (Å²) in [6.45, 7) is -0.0872. The van der Waals surface area contributed by atoms with E-state index in [1.807, 2.05) is 0 Å². The highest BCUT2D eigenvalue weighted by Crippen LogP contribution is 2.33. The number of hydrogen-bond donors (Lipinski definition) is 1. The van der Waals surface area contributed by atoms with Crippen molar-refractivity contribution in [3.8, 4) is 0 Å². The number of imidazole rings is 1. The molecule has 0 amide bonds. The third-order valence-corrected chi connectivity index (χ3v) is 2.60. The number of alkyl halides is 3. The number of halogens is 3. The second-order valence-electron chi connectivity index (χ2n) is 3.59. The molecule has 0 fully saturated rings. The maximum atomic E-state index is 12.5. The van der Waals surface area contributed by atoms with E-state index in [0.717, 1.165) is 12.8 Å². The largest absolute Gasteiger partial charge is 0.435 e. The van der Waals surface area contributed by atoms with E-state index in [1.54, 1.807) is 0 Å². The minimum atomic E-state index is -4.47. The Hall–Kier alpha value is -1.04. The van der Waals surface area contributed by atoms with Crippen LogP contribution in [-0.4, -0.2) is 14.7 Å². The molecule has 0 saturated heterocycles. The monoisotopic (exact) mass is 220 g/mol. The highest BCUT2D eigenvalue weighted by molar-refractivity contribution is 5.20. The van der Waals surface area contributed by atoms with E-state index in [2.05, 4.69) is 4.98 Å². The highest BCUT2D eigenvalue weighted by atomic mass is 19.4. The number of aliphatic hydroxyl groups excluding tert-OH is 1. The molecule has 1 aliphatic rings. The number of fused-ring (bicyclic) bond motifs is 1. The SMILES string of the molecule is OCc1c(C(F)(F)F)nc2n1CCCC2. The van der Waals surface area contributed by atoms with Crippen molar-refractivity contribution in [3.05, 3.63) is 17.2 Å². The van der Waals surface area contributed by atoms with Crippen molar-refractivity contribution in [1.29, 1.82) is 0 Å². The van der Waals surface area contributed by atoms with Gasteiger partial charge < -0.3 is 9.67 Å². The maximum Gasteiger partial charge on any atom is 0.435 e. The Morgan fingerprint density at radius 2 is 2.07 bits per heavy atom. The molecule has 0 aliphatic carbocycles. The zero-order valence-corrected chi connectivity index (χ0v) is 8.01. The van der Waals surface area contributed by atoms with Crippen LogP contribution in [0, 0.1) is 0 Å². The van der Waals surface area contributed by atoms with Gasteiger partial charge >= 0.3 is 6.18 Å². The van der Waals surface area contributed by atoms with Gasteiger partial charge in [0.05, 0.1) is 12.3 Å². The summed E-state index contributed by atoms with van der Waals surface area (Å²) >= 11 is 0. The molecule has 0 aromatic carbocycles. The maximum absolute atomic E-state index is 12.5. The zero-order chi connectivity index (χ0) is 11.1. The molecule has 0 unspecified atom stereocenters. The molecule has 0 radical (unpaired) electrons. The lowest BCUT2D eigenvalue weighted by Crippen LogP contribution is -2.14. The van der Waals surface area contributed by atoms with Crippen LogP contribution in [0.2, 0.25) is 0 Å². The van der Waals surface area contributed by atoms with Crippen LogP contribution in [0.15, 0.2) is 0 Å². The Balaban J connectivity index is 2.51. The molecule has 1 aliphatic heterocycles. The minimum Gasteiger partial charge on any atom is -0.390 e. The van der Waals surface area contributed by atoms with Crippen LogP contribution in [0.5, 0.6) is 0 Å². The summed E-state index contributed by atoms with van der Waals surface area (Å²) < 4.78 is 39.1. The average molecular weight is 220 g/mol. The lowest BCUT2D eigenvalue weighted by molar-refractivity contribution is -0.142. The van der Waals surface area contributed by atoms with Crippen molar-refractivity contribution in [2.75, 3.05) is 0 Å². The predicted octanol–water partition coefficient (Wildman–Crippen LogP) is 1.73. The van der Waals surface area contributed by atoms with Gasteiger partial charge in [-0.15, -0.1) is 0 Å². The molecule has 0 bridgehead atoms. The first-order chi connectivity index (χ1) is 7.04. The molecule has 15 heavy (non-hydrogen) atoms. The highest BCUT2D eigenvalue weighted by Gasteiger charge is 2.38. The molecular weight excluding hydrogens is 209 g/mol. The van der Waals surface area contributed by atoms with Gasteiger partial charge in [0.15, 0.2) is 5.69 Å². The predicted molar refractivity (Wildman–Crippen MR) is 46.1 cm³/mol. The van der Waals surface area contributed by atoms with Gasteiger partial charge in [-0.05, 0) is 12.8 Å². The molecule has 1 N–H and O–H groups in total. The summed E-state index contributed by atoms with van der Waals surface area (Å²) in [5.74, 6) is 0.442. The fourth-order valence-electron chi connectivity index (χ4n) is 1.93. The molecule has 2 rings (SSSR count). The summed E-state index contributed by atoms with van der Waals surface area (Å²) in [5.41, 5.74) is -1.03. The molecule has 0 atom stereocenters. The standard InChI is InChI=1S/C9H11F3N2O/c10-9(11,12)8-6(5-15)14-4-2-1-3-7(14)13-8/h15H,1-5H2. The summed E-state index contributed by atoms with van der Waals surface area (Å²) in [5, 5.41) is 8.97. The van der Waals surface area contributed by atoms with Gasteiger partial charge in [0, 0.05) is 13.0 Å². The van der Waals surface area contributed by atoms with Crippen LogP contribution in [0.4, 0.5) is 13.2 Å². The van der Waals surface area contributed by atoms with Crippen molar-refractivity contribution in [1.82, 2.24) is 9.55 Å². The molecule has 1 aromatic rings. The van der Waals surface area contributed by atoms with E-state index in [9.17, 15) is 13.2 Å². The number of hydrogen-bond acceptors (Lipinski definition) is 2. The summed E-state index contributed by atoms with van der Waals surface area (Å²) in [7, 11) is 0. The van der Waals surface area contributed by atoms with E-state index in [-0.39, 0.29) is 5.69 Å². The van der Waals surface area contributed by atoms with Gasteiger partial charge in [-0.3, -0.25) is 0 Å². The van der Waals surface area contributed by atoms with Crippen LogP contribution < -0.4 is 0 Å². The molecular formula is C9H11F3N2O. The fourth-order valence-corrected chi connectivity index (χ4v) is 1.93. The Bertz CT molecular complexity index is 370. The third-order valence-electron chi connectivity index (χ3n) is 2.60. The molecule has 0 saturated carbocycles. The van der Waals surface area contributed by atoms with Gasteiger partial charge in [0.1, 0.15) is 5.82 Å². The Labute approximate surface area is 84.5 Å². The summed E-state index contributed by atoms with van der Waals surface area (Å²) in [6.07, 6.45) is -2.21. The first kappa shape index (κ1) is 10.5. The van der Waals surface area contributed by atoms with Crippen molar-refractivity contribution in [2.45, 2.75) is 38.6 Å². The van der Waals surface area contributed by atoms with Gasteiger partial charge in [0.2, 0.25) is 0 Å². The number of aromatic nitrogens is 2. The Morgan fingerprint density at radius 1 is 1.33 bits per heavy atom. The number of nitrogens with zero attached hydrogens (tertiary/aromatic N) is 2. The van der Waals surface area contributed by atoms with Gasteiger partial charge in [-0.2, -0.15) is 13.2 Å². The van der Waals surface area contributed by atoms with Crippen LogP contribution in [0.1, 0.15) is 30.1 Å². The van der Waals surface area contributed by atoms with E-state index in [1.165, 1.54) is 4.57 Å². The lowest BCUT2D eigenvalue weighted by atomic mass is 10.1. The zero-order valence-electron chi connectivity index (χ0n) is 8.01. The lowest BCUT2D eigenvalue weighted by Gasteiger charge is -2.15. The van der Waals surface area contributed by atoms with Crippen LogP contribution in [0.25, 0.3) is 0 Å². The molecule has 3 nitrogen and oxygen atoms in total. The van der Waals surface area contributed by atoms with Gasteiger partial charge in [-0.25, -0.2) is 4.98 Å². The second-order valence-corrected chi connectivity index (χ2v) is 3.59. The third kappa shape index (κ3) is 1.73. The number of aryl methyl sites for hydroxylation is 1. The summed E-state index contributed by atoms with van der Waals surface area (Å²) in [6, 6.07) is 0. The first-order valence-electron chi connectivity index (χ1n) is 4.80. The molecule has 84 valence electrons. The van der Waals surface area contributed by atoms with E-state index >= 15 is 0 Å². The van der Waals surface area contributed by atoms with Crippen molar-refractivity contribution in [3.63, 3.8) is 0 Å².